The van der Waals surface area contributed by atoms with E-state index in [1.54, 1.807) is 23.4 Å². The van der Waals surface area contributed by atoms with Crippen LogP contribution in [-0.4, -0.2) is 15.9 Å². The summed E-state index contributed by atoms with van der Waals surface area (Å²) in [5, 5.41) is 1.01. The number of pyridine rings is 2. The summed E-state index contributed by atoms with van der Waals surface area (Å²) in [6.45, 7) is 0.431. The third-order valence-corrected chi connectivity index (χ3v) is 5.44. The zero-order valence-corrected chi connectivity index (χ0v) is 17.4. The number of fused-ring (bicyclic) bond motifs is 1. The van der Waals surface area contributed by atoms with Gasteiger partial charge in [0.1, 0.15) is 5.69 Å². The monoisotopic (exact) mass is 415 g/mol. The first-order valence-corrected chi connectivity index (χ1v) is 10.5. The second-order valence-corrected chi connectivity index (χ2v) is 7.55. The number of amides is 1. The number of rotatable bonds is 5. The number of carbonyl (C=O) groups is 1. The van der Waals surface area contributed by atoms with Gasteiger partial charge < -0.3 is 4.90 Å². The van der Waals surface area contributed by atoms with E-state index in [9.17, 15) is 4.79 Å². The molecule has 1 amide bonds. The fraction of sp³-hybridized carbons (Fsp3) is 0.0357. The maximum absolute atomic E-state index is 13.6. The molecule has 2 heterocycles. The van der Waals surface area contributed by atoms with Crippen LogP contribution >= 0.6 is 0 Å². The summed E-state index contributed by atoms with van der Waals surface area (Å²) in [5.74, 6) is -0.139. The average Bonchev–Trinajstić information content (AvgIpc) is 2.88. The van der Waals surface area contributed by atoms with Gasteiger partial charge in [0.05, 0.1) is 12.1 Å². The first kappa shape index (κ1) is 19.6. The van der Waals surface area contributed by atoms with Crippen LogP contribution in [0.2, 0.25) is 0 Å². The van der Waals surface area contributed by atoms with E-state index >= 15 is 0 Å². The highest BCUT2D eigenvalue weighted by Gasteiger charge is 2.20. The molecule has 4 heteroatoms. The normalized spacial score (nSPS) is 10.8. The Morgan fingerprint density at radius 3 is 2.16 bits per heavy atom. The molecule has 0 aliphatic carbocycles. The second-order valence-electron chi connectivity index (χ2n) is 7.55. The van der Waals surface area contributed by atoms with Crippen molar-refractivity contribution in [1.29, 1.82) is 0 Å². The summed E-state index contributed by atoms with van der Waals surface area (Å²) in [4.78, 5) is 24.1. The minimum absolute atomic E-state index is 0.139. The Hall–Kier alpha value is -4.31. The predicted molar refractivity (Wildman–Crippen MR) is 128 cm³/mol. The minimum Gasteiger partial charge on any atom is -0.303 e. The fourth-order valence-corrected chi connectivity index (χ4v) is 3.74. The van der Waals surface area contributed by atoms with Crippen LogP contribution in [0.4, 0.5) is 5.69 Å². The summed E-state index contributed by atoms with van der Waals surface area (Å²) >= 11 is 0. The molecule has 0 unspecified atom stereocenters. The zero-order chi connectivity index (χ0) is 21.8. The smallest absolute Gasteiger partial charge is 0.277 e. The number of hydrogen-bond donors (Lipinski definition) is 0. The van der Waals surface area contributed by atoms with E-state index in [-0.39, 0.29) is 5.91 Å². The van der Waals surface area contributed by atoms with Gasteiger partial charge >= 0.3 is 0 Å². The van der Waals surface area contributed by atoms with Crippen molar-refractivity contribution in [2.75, 3.05) is 4.90 Å². The average molecular weight is 415 g/mol. The van der Waals surface area contributed by atoms with Gasteiger partial charge in [0, 0.05) is 23.5 Å². The summed E-state index contributed by atoms with van der Waals surface area (Å²) in [7, 11) is 0. The van der Waals surface area contributed by atoms with Crippen molar-refractivity contribution in [2.24, 2.45) is 0 Å². The molecule has 0 fully saturated rings. The maximum Gasteiger partial charge on any atom is 0.277 e. The Morgan fingerprint density at radius 1 is 0.688 bits per heavy atom. The lowest BCUT2D eigenvalue weighted by atomic mass is 10.0. The van der Waals surface area contributed by atoms with Gasteiger partial charge in [-0.25, -0.2) is 4.98 Å². The number of carbonyl (C=O) groups excluding carboxylic acids is 1. The van der Waals surface area contributed by atoms with Crippen LogP contribution in [0.1, 0.15) is 16.1 Å². The largest absolute Gasteiger partial charge is 0.303 e. The first-order chi connectivity index (χ1) is 15.8. The molecule has 0 saturated carbocycles. The molecular formula is C28H21N3O. The van der Waals surface area contributed by atoms with Crippen LogP contribution in [0, 0.1) is 0 Å². The van der Waals surface area contributed by atoms with Crippen LogP contribution in [0.3, 0.4) is 0 Å². The molecule has 4 nitrogen and oxygen atoms in total. The summed E-state index contributed by atoms with van der Waals surface area (Å²) < 4.78 is 0. The van der Waals surface area contributed by atoms with Crippen molar-refractivity contribution in [2.45, 2.75) is 6.54 Å². The molecule has 32 heavy (non-hydrogen) atoms. The van der Waals surface area contributed by atoms with Crippen LogP contribution in [0.25, 0.3) is 22.0 Å². The van der Waals surface area contributed by atoms with Crippen molar-refractivity contribution in [1.82, 2.24) is 9.97 Å². The SMILES string of the molecule is O=C(c1ccc2ccccc2n1)N(Cc1ccncc1)c1ccc(-c2ccccc2)cc1. The zero-order valence-electron chi connectivity index (χ0n) is 17.4. The molecule has 2 aromatic heterocycles. The van der Waals surface area contributed by atoms with E-state index in [0.717, 1.165) is 33.3 Å². The van der Waals surface area contributed by atoms with Gasteiger partial charge in [-0.3, -0.25) is 9.78 Å². The maximum atomic E-state index is 13.6. The lowest BCUT2D eigenvalue weighted by Gasteiger charge is -2.23. The Morgan fingerprint density at radius 2 is 1.38 bits per heavy atom. The highest BCUT2D eigenvalue weighted by Crippen LogP contribution is 2.25. The van der Waals surface area contributed by atoms with Gasteiger partial charge in [-0.2, -0.15) is 0 Å². The Kier molecular flexibility index (Phi) is 5.41. The Balaban J connectivity index is 1.51. The third-order valence-electron chi connectivity index (χ3n) is 5.44. The molecule has 0 radical (unpaired) electrons. The highest BCUT2D eigenvalue weighted by molar-refractivity contribution is 6.05. The second kappa shape index (κ2) is 8.82. The summed E-state index contributed by atoms with van der Waals surface area (Å²) in [5.41, 5.74) is 5.30. The molecule has 0 saturated heterocycles. The van der Waals surface area contributed by atoms with Crippen molar-refractivity contribution >= 4 is 22.5 Å². The highest BCUT2D eigenvalue weighted by atomic mass is 16.2. The predicted octanol–water partition coefficient (Wildman–Crippen LogP) is 6.14. The molecule has 0 atom stereocenters. The van der Waals surface area contributed by atoms with Crippen LogP contribution < -0.4 is 4.90 Å². The van der Waals surface area contributed by atoms with Crippen molar-refractivity contribution in [3.63, 3.8) is 0 Å². The van der Waals surface area contributed by atoms with E-state index in [4.69, 9.17) is 0 Å². The van der Waals surface area contributed by atoms with E-state index in [2.05, 4.69) is 22.1 Å². The molecule has 0 aliphatic heterocycles. The lowest BCUT2D eigenvalue weighted by Crippen LogP contribution is -2.31. The Labute approximate surface area is 186 Å². The summed E-state index contributed by atoms with van der Waals surface area (Å²) in [6, 6.07) is 33.7. The van der Waals surface area contributed by atoms with E-state index < -0.39 is 0 Å². The molecule has 5 rings (SSSR count). The molecule has 0 bridgehead atoms. The molecule has 5 aromatic rings. The van der Waals surface area contributed by atoms with E-state index in [0.29, 0.717) is 12.2 Å². The number of benzene rings is 3. The molecular weight excluding hydrogens is 394 g/mol. The minimum atomic E-state index is -0.139. The molecule has 0 N–H and O–H groups in total. The van der Waals surface area contributed by atoms with Gasteiger partial charge in [-0.15, -0.1) is 0 Å². The topological polar surface area (TPSA) is 46.1 Å². The molecule has 154 valence electrons. The standard InChI is InChI=1S/C28H21N3O/c32-28(27-15-12-24-8-4-5-9-26(24)30-27)31(20-21-16-18-29-19-17-21)25-13-10-23(11-14-25)22-6-2-1-3-7-22/h1-19H,20H2. The first-order valence-electron chi connectivity index (χ1n) is 10.5. The molecule has 0 spiro atoms. The number of nitrogens with zero attached hydrogens (tertiary/aromatic N) is 3. The van der Waals surface area contributed by atoms with Gasteiger partial charge in [-0.05, 0) is 53.1 Å². The van der Waals surface area contributed by atoms with Crippen molar-refractivity contribution in [3.8, 4) is 11.1 Å². The van der Waals surface area contributed by atoms with E-state index in [1.165, 1.54) is 0 Å². The van der Waals surface area contributed by atoms with Gasteiger partial charge in [0.2, 0.25) is 0 Å². The van der Waals surface area contributed by atoms with Crippen LogP contribution in [0.5, 0.6) is 0 Å². The third kappa shape index (κ3) is 4.12. The fourth-order valence-electron chi connectivity index (χ4n) is 3.74. The van der Waals surface area contributed by atoms with Gasteiger partial charge in [0.15, 0.2) is 0 Å². The van der Waals surface area contributed by atoms with Gasteiger partial charge in [-0.1, -0.05) is 66.7 Å². The lowest BCUT2D eigenvalue weighted by molar-refractivity contribution is 0.0980. The number of para-hydroxylation sites is 1. The van der Waals surface area contributed by atoms with Crippen molar-refractivity contribution < 1.29 is 4.79 Å². The van der Waals surface area contributed by atoms with E-state index in [1.807, 2.05) is 84.9 Å². The Bertz CT molecular complexity index is 1350. The van der Waals surface area contributed by atoms with Crippen LogP contribution in [-0.2, 0) is 6.54 Å². The van der Waals surface area contributed by atoms with Crippen LogP contribution in [0.15, 0.2) is 116 Å². The number of aromatic nitrogens is 2. The summed E-state index contributed by atoms with van der Waals surface area (Å²) in [6.07, 6.45) is 3.48. The number of hydrogen-bond acceptors (Lipinski definition) is 3. The number of anilines is 1. The molecule has 0 aliphatic rings. The quantitative estimate of drug-likeness (QED) is 0.346. The molecule has 3 aromatic carbocycles. The van der Waals surface area contributed by atoms with Gasteiger partial charge in [0.25, 0.3) is 5.91 Å². The van der Waals surface area contributed by atoms with Crippen molar-refractivity contribution in [3.05, 3.63) is 127 Å².